The van der Waals surface area contributed by atoms with E-state index >= 15 is 0 Å². The van der Waals surface area contributed by atoms with Crippen molar-refractivity contribution in [2.75, 3.05) is 26.4 Å². The first-order chi connectivity index (χ1) is 13.2. The monoisotopic (exact) mass is 386 g/mol. The maximum Gasteiger partial charge on any atom is 0.0781 e. The second-order valence-electron chi connectivity index (χ2n) is 8.14. The molecular weight excluding hydrogens is 336 g/mol. The lowest BCUT2D eigenvalue weighted by Crippen LogP contribution is -2.24. The van der Waals surface area contributed by atoms with Crippen molar-refractivity contribution >= 4 is 0 Å². The van der Waals surface area contributed by atoms with Crippen molar-refractivity contribution < 1.29 is 14.2 Å². The predicted molar refractivity (Wildman–Crippen MR) is 118 cm³/mol. The van der Waals surface area contributed by atoms with Crippen LogP contribution in [0.4, 0.5) is 0 Å². The molecule has 0 aliphatic rings. The van der Waals surface area contributed by atoms with Crippen LogP contribution in [0.3, 0.4) is 0 Å². The van der Waals surface area contributed by atoms with Crippen molar-refractivity contribution in [3.8, 4) is 0 Å². The van der Waals surface area contributed by atoms with Crippen molar-refractivity contribution in [1.29, 1.82) is 0 Å². The van der Waals surface area contributed by atoms with Crippen molar-refractivity contribution in [2.45, 2.75) is 130 Å². The summed E-state index contributed by atoms with van der Waals surface area (Å²) in [5.41, 5.74) is 0. The molecule has 0 aliphatic carbocycles. The average Bonchev–Trinajstić information content (AvgIpc) is 2.67. The minimum absolute atomic E-state index is 0.152. The molecule has 0 amide bonds. The van der Waals surface area contributed by atoms with Crippen LogP contribution >= 0.6 is 0 Å². The molecule has 2 unspecified atom stereocenters. The van der Waals surface area contributed by atoms with Crippen molar-refractivity contribution in [2.24, 2.45) is 0 Å². The van der Waals surface area contributed by atoms with Crippen LogP contribution in [0.2, 0.25) is 0 Å². The summed E-state index contributed by atoms with van der Waals surface area (Å²) < 4.78 is 17.4. The van der Waals surface area contributed by atoms with Crippen LogP contribution in [0.15, 0.2) is 0 Å². The van der Waals surface area contributed by atoms with E-state index in [4.69, 9.17) is 14.2 Å². The van der Waals surface area contributed by atoms with Crippen LogP contribution < -0.4 is 0 Å². The van der Waals surface area contributed by atoms with Gasteiger partial charge in [0.2, 0.25) is 0 Å². The lowest BCUT2D eigenvalue weighted by atomic mass is 10.1. The van der Waals surface area contributed by atoms with E-state index in [-0.39, 0.29) is 12.2 Å². The molecular formula is C24H50O3. The third-order valence-electron chi connectivity index (χ3n) is 5.01. The van der Waals surface area contributed by atoms with Gasteiger partial charge in [0.15, 0.2) is 0 Å². The fourth-order valence-corrected chi connectivity index (χ4v) is 3.15. The minimum atomic E-state index is 0.152. The van der Waals surface area contributed by atoms with E-state index in [2.05, 4.69) is 27.7 Å². The molecule has 0 aromatic heterocycles. The second-order valence-corrected chi connectivity index (χ2v) is 8.14. The van der Waals surface area contributed by atoms with Gasteiger partial charge >= 0.3 is 0 Å². The molecule has 0 aromatic rings. The third kappa shape index (κ3) is 22.0. The average molecular weight is 387 g/mol. The summed E-state index contributed by atoms with van der Waals surface area (Å²) in [6.45, 7) is 11.8. The van der Waals surface area contributed by atoms with Gasteiger partial charge in [0.25, 0.3) is 0 Å². The van der Waals surface area contributed by atoms with E-state index in [0.717, 1.165) is 13.2 Å². The Bertz CT molecular complexity index is 270. The molecule has 0 bridgehead atoms. The van der Waals surface area contributed by atoms with Gasteiger partial charge in [0, 0.05) is 13.2 Å². The molecule has 3 nitrogen and oxygen atoms in total. The quantitative estimate of drug-likeness (QED) is 0.182. The van der Waals surface area contributed by atoms with Crippen molar-refractivity contribution in [3.05, 3.63) is 0 Å². The Labute approximate surface area is 170 Å². The summed E-state index contributed by atoms with van der Waals surface area (Å²) in [7, 11) is 0. The minimum Gasteiger partial charge on any atom is -0.379 e. The van der Waals surface area contributed by atoms with Crippen LogP contribution in [0.25, 0.3) is 0 Å². The summed E-state index contributed by atoms with van der Waals surface area (Å²) in [4.78, 5) is 0. The van der Waals surface area contributed by atoms with E-state index in [1.165, 1.54) is 89.9 Å². The highest BCUT2D eigenvalue weighted by atomic mass is 16.6. The number of hydrogen-bond acceptors (Lipinski definition) is 3. The molecule has 0 rings (SSSR count). The van der Waals surface area contributed by atoms with Gasteiger partial charge in [-0.05, 0) is 26.7 Å². The van der Waals surface area contributed by atoms with Gasteiger partial charge in [-0.25, -0.2) is 0 Å². The summed E-state index contributed by atoms with van der Waals surface area (Å²) in [6, 6.07) is 0. The van der Waals surface area contributed by atoms with Gasteiger partial charge < -0.3 is 14.2 Å². The third-order valence-corrected chi connectivity index (χ3v) is 5.01. The highest BCUT2D eigenvalue weighted by Crippen LogP contribution is 2.08. The van der Waals surface area contributed by atoms with Gasteiger partial charge in [-0.15, -0.1) is 0 Å². The molecule has 0 fully saturated rings. The van der Waals surface area contributed by atoms with Crippen molar-refractivity contribution in [1.82, 2.24) is 0 Å². The highest BCUT2D eigenvalue weighted by molar-refractivity contribution is 4.54. The maximum absolute atomic E-state index is 5.85. The zero-order chi connectivity index (χ0) is 20.0. The van der Waals surface area contributed by atoms with Gasteiger partial charge in [0.1, 0.15) is 0 Å². The Morgan fingerprint density at radius 2 is 0.926 bits per heavy atom. The molecule has 0 heterocycles. The molecule has 0 spiro atoms. The van der Waals surface area contributed by atoms with Gasteiger partial charge in [0.05, 0.1) is 25.4 Å². The Hall–Kier alpha value is -0.120. The lowest BCUT2D eigenvalue weighted by Gasteiger charge is -2.18. The zero-order valence-electron chi connectivity index (χ0n) is 19.1. The lowest BCUT2D eigenvalue weighted by molar-refractivity contribution is -0.0577. The number of hydrogen-bond donors (Lipinski definition) is 0. The second kappa shape index (κ2) is 22.2. The molecule has 0 radical (unpaired) electrons. The Morgan fingerprint density at radius 3 is 1.48 bits per heavy atom. The zero-order valence-corrected chi connectivity index (χ0v) is 19.1. The molecule has 0 N–H and O–H groups in total. The first-order valence-corrected chi connectivity index (χ1v) is 12.0. The van der Waals surface area contributed by atoms with E-state index in [0.29, 0.717) is 13.2 Å². The fourth-order valence-electron chi connectivity index (χ4n) is 3.15. The fraction of sp³-hybridized carbons (Fsp3) is 1.00. The van der Waals surface area contributed by atoms with Crippen LogP contribution in [-0.4, -0.2) is 38.6 Å². The maximum atomic E-state index is 5.85. The Kier molecular flexibility index (Phi) is 22.1. The van der Waals surface area contributed by atoms with Crippen LogP contribution in [-0.2, 0) is 14.2 Å². The van der Waals surface area contributed by atoms with E-state index < -0.39 is 0 Å². The summed E-state index contributed by atoms with van der Waals surface area (Å²) >= 11 is 0. The molecule has 0 saturated heterocycles. The molecule has 2 atom stereocenters. The summed E-state index contributed by atoms with van der Waals surface area (Å²) in [5.74, 6) is 0. The molecule has 0 aromatic carbocycles. The van der Waals surface area contributed by atoms with Gasteiger partial charge in [-0.1, -0.05) is 90.9 Å². The Morgan fingerprint density at radius 1 is 0.481 bits per heavy atom. The Balaban J connectivity index is 3.29. The summed E-state index contributed by atoms with van der Waals surface area (Å²) in [6.07, 6.45) is 18.9. The molecule has 3 heteroatoms. The van der Waals surface area contributed by atoms with Crippen LogP contribution in [0.5, 0.6) is 0 Å². The topological polar surface area (TPSA) is 27.7 Å². The molecule has 0 aliphatic heterocycles. The largest absolute Gasteiger partial charge is 0.379 e. The van der Waals surface area contributed by atoms with Gasteiger partial charge in [-0.3, -0.25) is 0 Å². The van der Waals surface area contributed by atoms with Gasteiger partial charge in [-0.2, -0.15) is 0 Å². The molecule has 164 valence electrons. The molecule has 27 heavy (non-hydrogen) atoms. The van der Waals surface area contributed by atoms with E-state index in [1.807, 2.05) is 0 Å². The smallest absolute Gasteiger partial charge is 0.0781 e. The van der Waals surface area contributed by atoms with E-state index in [1.54, 1.807) is 0 Å². The number of rotatable bonds is 22. The van der Waals surface area contributed by atoms with E-state index in [9.17, 15) is 0 Å². The van der Waals surface area contributed by atoms with Crippen LogP contribution in [0.1, 0.15) is 118 Å². The van der Waals surface area contributed by atoms with Crippen molar-refractivity contribution in [3.63, 3.8) is 0 Å². The number of ether oxygens (including phenoxy) is 3. The first kappa shape index (κ1) is 26.9. The SMILES string of the molecule is CCCCCCCCCOCC(C)OCC(C)OCCCCCCCCC. The normalized spacial score (nSPS) is 13.8. The highest BCUT2D eigenvalue weighted by Gasteiger charge is 2.07. The standard InChI is InChI=1S/C24H50O3/c1-5-7-9-11-13-15-17-19-25-21-23(3)27-22-24(4)26-20-18-16-14-12-10-8-6-2/h23-24H,5-22H2,1-4H3. The van der Waals surface area contributed by atoms with Crippen LogP contribution in [0, 0.1) is 0 Å². The number of unbranched alkanes of at least 4 members (excludes halogenated alkanes) is 12. The first-order valence-electron chi connectivity index (χ1n) is 12.0. The predicted octanol–water partition coefficient (Wildman–Crippen LogP) is 7.31. The summed E-state index contributed by atoms with van der Waals surface area (Å²) in [5, 5.41) is 0. The molecule has 0 saturated carbocycles.